The lowest BCUT2D eigenvalue weighted by Crippen LogP contribution is -1.90. The van der Waals surface area contributed by atoms with E-state index in [0.717, 1.165) is 12.2 Å². The van der Waals surface area contributed by atoms with Gasteiger partial charge in [0.25, 0.3) is 0 Å². The lowest BCUT2D eigenvalue weighted by atomic mass is 10.0. The van der Waals surface area contributed by atoms with Crippen molar-refractivity contribution in [2.24, 2.45) is 0 Å². The molecule has 2 aromatic carbocycles. The predicted octanol–water partition coefficient (Wildman–Crippen LogP) is 3.80. The van der Waals surface area contributed by atoms with Crippen LogP contribution < -0.4 is 4.74 Å². The third-order valence-corrected chi connectivity index (χ3v) is 2.75. The summed E-state index contributed by atoms with van der Waals surface area (Å²) in [5.41, 5.74) is 3.85. The van der Waals surface area contributed by atoms with Crippen molar-refractivity contribution >= 4 is 0 Å². The Bertz CT molecular complexity index is 488. The third-order valence-electron chi connectivity index (χ3n) is 2.75. The Morgan fingerprint density at radius 2 is 1.88 bits per heavy atom. The van der Waals surface area contributed by atoms with Gasteiger partial charge in [-0.2, -0.15) is 0 Å². The van der Waals surface area contributed by atoms with Crippen LogP contribution in [0, 0.1) is 13.3 Å². The maximum absolute atomic E-state index is 5.21. The highest BCUT2D eigenvalue weighted by molar-refractivity contribution is 5.34. The van der Waals surface area contributed by atoms with Crippen LogP contribution in [-0.4, -0.2) is 7.11 Å². The van der Waals surface area contributed by atoms with Crippen molar-refractivity contribution in [3.8, 4) is 5.75 Å². The number of methoxy groups -OCH3 is 1. The molecule has 0 atom stereocenters. The van der Waals surface area contributed by atoms with E-state index in [-0.39, 0.29) is 0 Å². The Hall–Kier alpha value is -1.76. The lowest BCUT2D eigenvalue weighted by molar-refractivity contribution is 0.414. The molecule has 0 heterocycles. The number of ether oxygens (including phenoxy) is 1. The molecule has 2 aromatic rings. The van der Waals surface area contributed by atoms with Gasteiger partial charge in [0.15, 0.2) is 0 Å². The molecule has 0 bridgehead atoms. The molecule has 1 radical (unpaired) electrons. The van der Waals surface area contributed by atoms with Crippen LogP contribution in [0.5, 0.6) is 5.75 Å². The molecule has 0 unspecified atom stereocenters. The summed E-state index contributed by atoms with van der Waals surface area (Å²) in [6, 6.07) is 16.7. The smallest absolute Gasteiger partial charge is 0.119 e. The summed E-state index contributed by atoms with van der Waals surface area (Å²) in [5.74, 6) is 0.906. The molecule has 0 aliphatic carbocycles. The Labute approximate surface area is 103 Å². The Morgan fingerprint density at radius 3 is 2.65 bits per heavy atom. The molecule has 87 valence electrons. The van der Waals surface area contributed by atoms with Gasteiger partial charge < -0.3 is 4.74 Å². The van der Waals surface area contributed by atoms with E-state index in [1.807, 2.05) is 12.1 Å². The van der Waals surface area contributed by atoms with Crippen LogP contribution in [0.2, 0.25) is 0 Å². The average molecular weight is 225 g/mol. The van der Waals surface area contributed by atoms with Crippen molar-refractivity contribution in [3.63, 3.8) is 0 Å². The average Bonchev–Trinajstić information content (AvgIpc) is 2.37. The standard InChI is InChI=1S/C16H17O/c1-13-5-3-6-14(11-13)9-10-15-7-4-8-16(12-15)17-2/h3-8,10-12H,9H2,1-2H3. The van der Waals surface area contributed by atoms with Crippen LogP contribution in [0.15, 0.2) is 48.5 Å². The maximum Gasteiger partial charge on any atom is 0.119 e. The molecule has 0 spiro atoms. The zero-order valence-electron chi connectivity index (χ0n) is 10.3. The van der Waals surface area contributed by atoms with Gasteiger partial charge in [0, 0.05) is 0 Å². The number of aryl methyl sites for hydroxylation is 1. The molecule has 0 saturated carbocycles. The Morgan fingerprint density at radius 1 is 1.06 bits per heavy atom. The molecule has 1 heteroatoms. The molecule has 0 amide bonds. The number of rotatable bonds is 4. The summed E-state index contributed by atoms with van der Waals surface area (Å²) < 4.78 is 5.21. The molecule has 2 rings (SSSR count). The van der Waals surface area contributed by atoms with E-state index in [2.05, 4.69) is 49.7 Å². The van der Waals surface area contributed by atoms with Gasteiger partial charge in [-0.25, -0.2) is 0 Å². The Kier molecular flexibility index (Phi) is 3.81. The van der Waals surface area contributed by atoms with Crippen LogP contribution in [0.3, 0.4) is 0 Å². The molecular weight excluding hydrogens is 208 g/mol. The zero-order chi connectivity index (χ0) is 12.1. The van der Waals surface area contributed by atoms with Gasteiger partial charge in [-0.05, 0) is 43.0 Å². The van der Waals surface area contributed by atoms with E-state index in [1.54, 1.807) is 7.11 Å². The lowest BCUT2D eigenvalue weighted by Gasteiger charge is -2.05. The van der Waals surface area contributed by atoms with Gasteiger partial charge >= 0.3 is 0 Å². The van der Waals surface area contributed by atoms with Crippen LogP contribution in [0.25, 0.3) is 0 Å². The van der Waals surface area contributed by atoms with Gasteiger partial charge in [0.1, 0.15) is 5.75 Å². The summed E-state index contributed by atoms with van der Waals surface area (Å²) in [6.45, 7) is 2.12. The molecule has 0 saturated heterocycles. The normalized spacial score (nSPS) is 10.2. The van der Waals surface area contributed by atoms with Crippen molar-refractivity contribution in [2.45, 2.75) is 13.3 Å². The number of hydrogen-bond acceptors (Lipinski definition) is 1. The zero-order valence-corrected chi connectivity index (χ0v) is 10.3. The molecule has 0 aliphatic rings. The van der Waals surface area contributed by atoms with Gasteiger partial charge in [0.05, 0.1) is 7.11 Å². The minimum atomic E-state index is 0.906. The van der Waals surface area contributed by atoms with Crippen molar-refractivity contribution < 1.29 is 4.74 Å². The first-order valence-electron chi connectivity index (χ1n) is 5.81. The van der Waals surface area contributed by atoms with Gasteiger partial charge in [-0.15, -0.1) is 0 Å². The van der Waals surface area contributed by atoms with E-state index >= 15 is 0 Å². The van der Waals surface area contributed by atoms with E-state index in [4.69, 9.17) is 4.74 Å². The molecule has 0 fully saturated rings. The van der Waals surface area contributed by atoms with Gasteiger partial charge in [-0.1, -0.05) is 42.0 Å². The fraction of sp³-hybridized carbons (Fsp3) is 0.188. The molecular formula is C16H17O. The molecule has 0 aromatic heterocycles. The van der Waals surface area contributed by atoms with Crippen molar-refractivity contribution in [1.82, 2.24) is 0 Å². The van der Waals surface area contributed by atoms with E-state index in [9.17, 15) is 0 Å². The highest BCUT2D eigenvalue weighted by Crippen LogP contribution is 2.16. The highest BCUT2D eigenvalue weighted by atomic mass is 16.5. The number of hydrogen-bond donors (Lipinski definition) is 0. The molecule has 1 nitrogen and oxygen atoms in total. The topological polar surface area (TPSA) is 9.23 Å². The highest BCUT2D eigenvalue weighted by Gasteiger charge is 1.98. The van der Waals surface area contributed by atoms with Crippen molar-refractivity contribution in [2.75, 3.05) is 7.11 Å². The first-order chi connectivity index (χ1) is 8.28. The first-order valence-corrected chi connectivity index (χ1v) is 5.81. The minimum Gasteiger partial charge on any atom is -0.497 e. The number of benzene rings is 2. The van der Waals surface area contributed by atoms with Crippen molar-refractivity contribution in [1.29, 1.82) is 0 Å². The monoisotopic (exact) mass is 225 g/mol. The molecule has 0 aliphatic heterocycles. The van der Waals surface area contributed by atoms with E-state index in [0.29, 0.717) is 0 Å². The third kappa shape index (κ3) is 3.35. The van der Waals surface area contributed by atoms with Crippen molar-refractivity contribution in [3.05, 3.63) is 71.6 Å². The van der Waals surface area contributed by atoms with Gasteiger partial charge in [-0.3, -0.25) is 0 Å². The summed E-state index contributed by atoms with van der Waals surface area (Å²) in [6.07, 6.45) is 3.17. The first kappa shape index (κ1) is 11.7. The Balaban J connectivity index is 2.02. The van der Waals surface area contributed by atoms with Gasteiger partial charge in [0.2, 0.25) is 0 Å². The summed E-state index contributed by atoms with van der Waals surface area (Å²) in [7, 11) is 1.69. The van der Waals surface area contributed by atoms with E-state index in [1.165, 1.54) is 16.7 Å². The summed E-state index contributed by atoms with van der Waals surface area (Å²) in [4.78, 5) is 0. The fourth-order valence-electron chi connectivity index (χ4n) is 1.84. The second-order valence-corrected chi connectivity index (χ2v) is 4.17. The van der Waals surface area contributed by atoms with Crippen LogP contribution in [0.1, 0.15) is 16.7 Å². The largest absolute Gasteiger partial charge is 0.497 e. The SMILES string of the molecule is COc1cccc([CH]Cc2cccc(C)c2)c1. The minimum absolute atomic E-state index is 0.906. The quantitative estimate of drug-likeness (QED) is 0.769. The maximum atomic E-state index is 5.21. The molecule has 17 heavy (non-hydrogen) atoms. The van der Waals surface area contributed by atoms with Crippen LogP contribution >= 0.6 is 0 Å². The second kappa shape index (κ2) is 5.53. The second-order valence-electron chi connectivity index (χ2n) is 4.17. The summed E-state index contributed by atoms with van der Waals surface area (Å²) in [5, 5.41) is 0. The predicted molar refractivity (Wildman–Crippen MR) is 71.3 cm³/mol. The fourth-order valence-corrected chi connectivity index (χ4v) is 1.84. The summed E-state index contributed by atoms with van der Waals surface area (Å²) >= 11 is 0. The van der Waals surface area contributed by atoms with E-state index < -0.39 is 0 Å². The molecule has 0 N–H and O–H groups in total. The van der Waals surface area contributed by atoms with Crippen LogP contribution in [-0.2, 0) is 6.42 Å². The van der Waals surface area contributed by atoms with Crippen LogP contribution in [0.4, 0.5) is 0 Å².